The molecule has 4 N–H and O–H groups in total. The molecule has 4 fully saturated rings. The van der Waals surface area contributed by atoms with Gasteiger partial charge in [-0.1, -0.05) is 34.1 Å². The van der Waals surface area contributed by atoms with Crippen LogP contribution in [0.4, 0.5) is 0 Å². The number of aliphatic carboxylic acids is 1. The fourth-order valence-corrected chi connectivity index (χ4v) is 9.60. The Morgan fingerprint density at radius 3 is 2.42 bits per heavy atom. The summed E-state index contributed by atoms with van der Waals surface area (Å²) in [5, 5.41) is 42.9. The third-order valence-corrected chi connectivity index (χ3v) is 10.9. The molecule has 0 aliphatic heterocycles. The molecule has 0 aromatic heterocycles. The van der Waals surface area contributed by atoms with Crippen LogP contribution in [-0.2, 0) is 4.79 Å². The van der Waals surface area contributed by atoms with Crippen molar-refractivity contribution in [2.45, 2.75) is 104 Å². The molecule has 0 saturated heterocycles. The Kier molecular flexibility index (Phi) is 6.28. The zero-order valence-corrected chi connectivity index (χ0v) is 19.8. The number of fused-ring (bicyclic) bond motifs is 5. The van der Waals surface area contributed by atoms with Crippen LogP contribution in [0.3, 0.4) is 0 Å². The summed E-state index contributed by atoms with van der Waals surface area (Å²) in [6.07, 6.45) is 6.04. The number of aliphatic hydroxyl groups excluding tert-OH is 3. The van der Waals surface area contributed by atoms with E-state index >= 15 is 0 Å². The first-order chi connectivity index (χ1) is 14.5. The van der Waals surface area contributed by atoms with Crippen molar-refractivity contribution in [2.24, 2.45) is 52.3 Å². The number of hydrogen-bond acceptors (Lipinski definition) is 4. The van der Waals surface area contributed by atoms with Crippen LogP contribution < -0.4 is 0 Å². The lowest BCUT2D eigenvalue weighted by molar-refractivity contribution is -0.235. The zero-order chi connectivity index (χ0) is 22.7. The van der Waals surface area contributed by atoms with Crippen molar-refractivity contribution in [1.82, 2.24) is 0 Å². The summed E-state index contributed by atoms with van der Waals surface area (Å²) in [5.41, 5.74) is -0.0767. The van der Waals surface area contributed by atoms with Crippen molar-refractivity contribution < 1.29 is 25.2 Å². The first kappa shape index (κ1) is 23.5. The smallest absolute Gasteiger partial charge is 0.303 e. The van der Waals surface area contributed by atoms with Gasteiger partial charge in [-0.05, 0) is 97.2 Å². The van der Waals surface area contributed by atoms with E-state index in [1.165, 1.54) is 0 Å². The quantitative estimate of drug-likeness (QED) is 0.520. The van der Waals surface area contributed by atoms with E-state index in [1.807, 2.05) is 0 Å². The Balaban J connectivity index is 1.66. The molecule has 0 aromatic rings. The molecular weight excluding hydrogens is 392 g/mol. The van der Waals surface area contributed by atoms with Crippen molar-refractivity contribution in [3.8, 4) is 0 Å². The standard InChI is InChI=1S/C26H44O5/c1-5-16-19-12-15(27)10-11-25(19,3)23-20(28)13-26(4)17(14(2)6-9-21(29)30)7-8-18(26)22(23)24(16)31/h14-20,22-24,27-28,31H,5-13H2,1-4H3,(H,29,30)/t14-,15-,16-,17-,18?,19+,20?,22?,23?,24-,25+,26-/m1/s1. The largest absolute Gasteiger partial charge is 0.481 e. The van der Waals surface area contributed by atoms with E-state index < -0.39 is 18.2 Å². The molecule has 4 unspecified atom stereocenters. The van der Waals surface area contributed by atoms with Crippen LogP contribution in [-0.4, -0.2) is 44.7 Å². The van der Waals surface area contributed by atoms with Crippen molar-refractivity contribution >= 4 is 5.97 Å². The van der Waals surface area contributed by atoms with Crippen LogP contribution in [0.15, 0.2) is 0 Å². The highest BCUT2D eigenvalue weighted by Gasteiger charge is 2.67. The fraction of sp³-hybridized carbons (Fsp3) is 0.962. The molecule has 31 heavy (non-hydrogen) atoms. The van der Waals surface area contributed by atoms with Gasteiger partial charge in [0, 0.05) is 6.42 Å². The summed E-state index contributed by atoms with van der Waals surface area (Å²) in [4.78, 5) is 11.1. The first-order valence-electron chi connectivity index (χ1n) is 12.8. The minimum Gasteiger partial charge on any atom is -0.481 e. The Labute approximate surface area is 187 Å². The Bertz CT molecular complexity index is 681. The summed E-state index contributed by atoms with van der Waals surface area (Å²) < 4.78 is 0. The highest BCUT2D eigenvalue weighted by Crippen LogP contribution is 2.69. The molecule has 0 spiro atoms. The average molecular weight is 437 g/mol. The second kappa shape index (κ2) is 8.29. The van der Waals surface area contributed by atoms with E-state index in [2.05, 4.69) is 27.7 Å². The molecule has 4 aliphatic rings. The van der Waals surface area contributed by atoms with E-state index in [9.17, 15) is 20.1 Å². The lowest BCUT2D eigenvalue weighted by atomic mass is 9.40. The van der Waals surface area contributed by atoms with E-state index in [4.69, 9.17) is 5.11 Å². The van der Waals surface area contributed by atoms with E-state index in [0.29, 0.717) is 24.2 Å². The predicted molar refractivity (Wildman–Crippen MR) is 119 cm³/mol. The first-order valence-corrected chi connectivity index (χ1v) is 12.8. The van der Waals surface area contributed by atoms with Gasteiger partial charge < -0.3 is 20.4 Å². The molecule has 4 saturated carbocycles. The molecule has 5 heteroatoms. The van der Waals surface area contributed by atoms with Crippen molar-refractivity contribution in [1.29, 1.82) is 0 Å². The highest BCUT2D eigenvalue weighted by molar-refractivity contribution is 5.66. The number of carboxylic acids is 1. The second-order valence-electron chi connectivity index (χ2n) is 12.2. The summed E-state index contributed by atoms with van der Waals surface area (Å²) in [6.45, 7) is 9.01. The monoisotopic (exact) mass is 436 g/mol. The number of carboxylic acid groups (broad SMARTS) is 1. The van der Waals surface area contributed by atoms with Gasteiger partial charge in [0.05, 0.1) is 18.3 Å². The topological polar surface area (TPSA) is 98.0 Å². The van der Waals surface area contributed by atoms with Crippen molar-refractivity contribution in [3.63, 3.8) is 0 Å². The molecule has 4 rings (SSSR count). The third-order valence-electron chi connectivity index (χ3n) is 10.9. The fourth-order valence-electron chi connectivity index (χ4n) is 9.60. The Morgan fingerprint density at radius 2 is 1.77 bits per heavy atom. The van der Waals surface area contributed by atoms with E-state index in [0.717, 1.165) is 44.9 Å². The van der Waals surface area contributed by atoms with Crippen molar-refractivity contribution in [2.75, 3.05) is 0 Å². The SMILES string of the molecule is CC[C@H]1[C@@H](O)C2C3CC[C@H]([C@H](C)CCC(=O)O)[C@@]3(C)CC(O)C2[C@@]2(C)CC[C@@H](O)C[C@@H]12. The second-order valence-corrected chi connectivity index (χ2v) is 12.2. The summed E-state index contributed by atoms with van der Waals surface area (Å²) >= 11 is 0. The summed E-state index contributed by atoms with van der Waals surface area (Å²) in [5.74, 6) is 1.00. The molecule has 0 aromatic carbocycles. The molecule has 4 aliphatic carbocycles. The number of aliphatic hydroxyl groups is 3. The molecule has 0 bridgehead atoms. The van der Waals surface area contributed by atoms with Gasteiger partial charge in [0.1, 0.15) is 0 Å². The summed E-state index contributed by atoms with van der Waals surface area (Å²) in [7, 11) is 0. The van der Waals surface area contributed by atoms with Gasteiger partial charge >= 0.3 is 5.97 Å². The lowest BCUT2D eigenvalue weighted by Crippen LogP contribution is -2.65. The lowest BCUT2D eigenvalue weighted by Gasteiger charge is -2.66. The molecule has 178 valence electrons. The van der Waals surface area contributed by atoms with Crippen LogP contribution in [0.25, 0.3) is 0 Å². The van der Waals surface area contributed by atoms with Crippen molar-refractivity contribution in [3.05, 3.63) is 0 Å². The number of rotatable bonds is 5. The van der Waals surface area contributed by atoms with Gasteiger partial charge in [0.25, 0.3) is 0 Å². The van der Waals surface area contributed by atoms with Crippen LogP contribution in [0.1, 0.15) is 85.5 Å². The zero-order valence-electron chi connectivity index (χ0n) is 19.8. The number of carbonyl (C=O) groups is 1. The van der Waals surface area contributed by atoms with E-state index in [-0.39, 0.29) is 47.0 Å². The maximum Gasteiger partial charge on any atom is 0.303 e. The number of hydrogen-bond donors (Lipinski definition) is 4. The molecule has 0 amide bonds. The van der Waals surface area contributed by atoms with Gasteiger partial charge in [-0.25, -0.2) is 0 Å². The minimum atomic E-state index is -0.734. The predicted octanol–water partition coefficient (Wildman–Crippen LogP) is 4.08. The van der Waals surface area contributed by atoms with Crippen LogP contribution in [0.2, 0.25) is 0 Å². The maximum atomic E-state index is 11.7. The maximum absolute atomic E-state index is 11.7. The molecule has 12 atom stereocenters. The molecular formula is C26H44O5. The van der Waals surface area contributed by atoms with Gasteiger partial charge in [0.2, 0.25) is 0 Å². The Hall–Kier alpha value is -0.650. The van der Waals surface area contributed by atoms with Gasteiger partial charge in [-0.3, -0.25) is 4.79 Å². The Morgan fingerprint density at radius 1 is 1.06 bits per heavy atom. The molecule has 5 nitrogen and oxygen atoms in total. The molecule has 0 radical (unpaired) electrons. The van der Waals surface area contributed by atoms with Crippen LogP contribution >= 0.6 is 0 Å². The van der Waals surface area contributed by atoms with Gasteiger partial charge in [-0.2, -0.15) is 0 Å². The van der Waals surface area contributed by atoms with E-state index in [1.54, 1.807) is 0 Å². The average Bonchev–Trinajstić information content (AvgIpc) is 3.04. The van der Waals surface area contributed by atoms with Crippen LogP contribution in [0.5, 0.6) is 0 Å². The van der Waals surface area contributed by atoms with Gasteiger partial charge in [0.15, 0.2) is 0 Å². The normalized spacial score (nSPS) is 52.7. The van der Waals surface area contributed by atoms with Gasteiger partial charge in [-0.15, -0.1) is 0 Å². The summed E-state index contributed by atoms with van der Waals surface area (Å²) in [6, 6.07) is 0. The minimum absolute atomic E-state index is 0.0302. The highest BCUT2D eigenvalue weighted by atomic mass is 16.4. The third kappa shape index (κ3) is 3.58. The molecule has 0 heterocycles. The van der Waals surface area contributed by atoms with Crippen LogP contribution in [0, 0.1) is 52.3 Å².